The average Bonchev–Trinajstić information content (AvgIpc) is 1.59. The second kappa shape index (κ2) is 3.17. The van der Waals surface area contributed by atoms with Crippen LogP contribution in [-0.2, 0) is 0 Å². The summed E-state index contributed by atoms with van der Waals surface area (Å²) < 4.78 is 0. The van der Waals surface area contributed by atoms with Gasteiger partial charge in [-0.1, -0.05) is 0 Å². The van der Waals surface area contributed by atoms with E-state index in [4.69, 9.17) is 5.11 Å². The van der Waals surface area contributed by atoms with Gasteiger partial charge in [-0.3, -0.25) is 0 Å². The molecule has 0 bridgehead atoms. The van der Waals surface area contributed by atoms with Crippen molar-refractivity contribution in [2.75, 3.05) is 0 Å². The van der Waals surface area contributed by atoms with Crippen LogP contribution in [0, 0.1) is 0 Å². The highest BCUT2D eigenvalue weighted by molar-refractivity contribution is 7.81. The van der Waals surface area contributed by atoms with Crippen LogP contribution < -0.4 is 0 Å². The molecular weight excluding hydrogens is 152 g/mol. The smallest absolute Gasteiger partial charge is 0.0561 e. The van der Waals surface area contributed by atoms with Gasteiger partial charge in [0, 0.05) is 10.5 Å². The van der Waals surface area contributed by atoms with Crippen molar-refractivity contribution in [3.05, 3.63) is 0 Å². The van der Waals surface area contributed by atoms with Gasteiger partial charge in [0.1, 0.15) is 0 Å². The second-order valence-electron chi connectivity index (χ2n) is 2.67. The molecule has 1 aliphatic carbocycles. The molecule has 54 valence electrons. The first-order chi connectivity index (χ1) is 4.18. The van der Waals surface area contributed by atoms with Crippen molar-refractivity contribution in [2.24, 2.45) is 0 Å². The molecule has 0 amide bonds. The van der Waals surface area contributed by atoms with E-state index in [1.165, 1.54) is 0 Å². The lowest BCUT2D eigenvalue weighted by atomic mass is 9.97. The first-order valence-corrected chi connectivity index (χ1v) is 4.26. The normalized spacial score (nSPS) is 45.0. The molecule has 0 heterocycles. The number of aliphatic hydroxyl groups excluding tert-OH is 1. The molecule has 1 saturated carbocycles. The van der Waals surface area contributed by atoms with E-state index in [0.29, 0.717) is 10.5 Å². The Bertz CT molecular complexity index is 72.0. The van der Waals surface area contributed by atoms with Gasteiger partial charge in [0.25, 0.3) is 0 Å². The van der Waals surface area contributed by atoms with Crippen molar-refractivity contribution in [1.29, 1.82) is 0 Å². The maximum absolute atomic E-state index is 9.15. The fraction of sp³-hybridized carbons (Fsp3) is 1.00. The highest BCUT2D eigenvalue weighted by Crippen LogP contribution is 2.26. The third kappa shape index (κ3) is 2.40. The van der Waals surface area contributed by atoms with Crippen molar-refractivity contribution in [1.82, 2.24) is 0 Å². The summed E-state index contributed by atoms with van der Waals surface area (Å²) in [7, 11) is 0. The van der Waals surface area contributed by atoms with Gasteiger partial charge in [0.15, 0.2) is 0 Å². The maximum Gasteiger partial charge on any atom is 0.0561 e. The summed E-state index contributed by atoms with van der Waals surface area (Å²) in [6.07, 6.45) is 2.53. The lowest BCUT2D eigenvalue weighted by molar-refractivity contribution is 0.136. The molecule has 2 unspecified atom stereocenters. The molecule has 0 aliphatic heterocycles. The largest absolute Gasteiger partial charge is 0.393 e. The van der Waals surface area contributed by atoms with Crippen LogP contribution in [0.5, 0.6) is 0 Å². The van der Waals surface area contributed by atoms with Crippen LogP contribution in [0.15, 0.2) is 0 Å². The fourth-order valence-electron chi connectivity index (χ4n) is 1.23. The molecule has 0 radical (unpaired) electrons. The molecule has 0 aromatic heterocycles. The lowest BCUT2D eigenvalue weighted by Crippen LogP contribution is -2.27. The van der Waals surface area contributed by atoms with Gasteiger partial charge in [0.2, 0.25) is 0 Å². The molecule has 1 nitrogen and oxygen atoms in total. The highest BCUT2D eigenvalue weighted by Gasteiger charge is 2.22. The predicted molar refractivity (Wildman–Crippen MR) is 45.4 cm³/mol. The minimum Gasteiger partial charge on any atom is -0.393 e. The van der Waals surface area contributed by atoms with Crippen LogP contribution in [0.2, 0.25) is 0 Å². The van der Waals surface area contributed by atoms with Gasteiger partial charge in [0.05, 0.1) is 6.10 Å². The molecule has 1 aliphatic rings. The first-order valence-electron chi connectivity index (χ1n) is 3.22. The Morgan fingerprint density at radius 2 is 1.44 bits per heavy atom. The minimum absolute atomic E-state index is 0.163. The van der Waals surface area contributed by atoms with Crippen LogP contribution in [0.4, 0.5) is 0 Å². The number of aliphatic hydroxyl groups is 1. The Balaban J connectivity index is 2.34. The topological polar surface area (TPSA) is 20.2 Å². The molecule has 1 rings (SSSR count). The van der Waals surface area contributed by atoms with Crippen molar-refractivity contribution in [3.8, 4) is 0 Å². The molecule has 0 aromatic rings. The first kappa shape index (κ1) is 7.76. The molecule has 0 spiro atoms. The number of thiol groups is 2. The molecule has 3 heteroatoms. The van der Waals surface area contributed by atoms with Gasteiger partial charge in [-0.2, -0.15) is 25.3 Å². The van der Waals surface area contributed by atoms with Gasteiger partial charge in [-0.05, 0) is 19.3 Å². The van der Waals surface area contributed by atoms with E-state index in [9.17, 15) is 0 Å². The molecule has 1 fully saturated rings. The number of rotatable bonds is 0. The van der Waals surface area contributed by atoms with E-state index in [-0.39, 0.29) is 6.10 Å². The fourth-order valence-corrected chi connectivity index (χ4v) is 2.39. The molecule has 2 atom stereocenters. The zero-order valence-corrected chi connectivity index (χ0v) is 6.98. The van der Waals surface area contributed by atoms with Crippen LogP contribution in [0.25, 0.3) is 0 Å². The Morgan fingerprint density at radius 1 is 1.00 bits per heavy atom. The van der Waals surface area contributed by atoms with Crippen LogP contribution in [-0.4, -0.2) is 21.7 Å². The monoisotopic (exact) mass is 164 g/mol. The van der Waals surface area contributed by atoms with Gasteiger partial charge >= 0.3 is 0 Å². The minimum atomic E-state index is -0.163. The summed E-state index contributed by atoms with van der Waals surface area (Å²) >= 11 is 8.54. The van der Waals surface area contributed by atoms with Crippen LogP contribution in [0.3, 0.4) is 0 Å². The summed E-state index contributed by atoms with van der Waals surface area (Å²) in [4.78, 5) is 0. The van der Waals surface area contributed by atoms with Crippen molar-refractivity contribution in [2.45, 2.75) is 35.9 Å². The van der Waals surface area contributed by atoms with Crippen LogP contribution >= 0.6 is 25.3 Å². The number of hydrogen-bond acceptors (Lipinski definition) is 3. The maximum atomic E-state index is 9.15. The Morgan fingerprint density at radius 3 is 1.78 bits per heavy atom. The van der Waals surface area contributed by atoms with Crippen molar-refractivity contribution < 1.29 is 5.11 Å². The van der Waals surface area contributed by atoms with Gasteiger partial charge in [-0.25, -0.2) is 0 Å². The summed E-state index contributed by atoms with van der Waals surface area (Å²) in [6, 6.07) is 0. The SMILES string of the molecule is OC1CC(S)CC(S)C1. The highest BCUT2D eigenvalue weighted by atomic mass is 32.1. The van der Waals surface area contributed by atoms with E-state index in [0.717, 1.165) is 19.3 Å². The summed E-state index contributed by atoms with van der Waals surface area (Å²) in [5.74, 6) is 0. The Labute approximate surface area is 66.7 Å². The quantitative estimate of drug-likeness (QED) is 0.458. The van der Waals surface area contributed by atoms with Gasteiger partial charge < -0.3 is 5.11 Å². The van der Waals surface area contributed by atoms with E-state index < -0.39 is 0 Å². The molecule has 1 N–H and O–H groups in total. The number of hydrogen-bond donors (Lipinski definition) is 3. The Kier molecular flexibility index (Phi) is 2.73. The summed E-state index contributed by atoms with van der Waals surface area (Å²) in [6.45, 7) is 0. The van der Waals surface area contributed by atoms with Gasteiger partial charge in [-0.15, -0.1) is 0 Å². The Hall–Kier alpha value is 0.660. The standard InChI is InChI=1S/C6H12OS2/c7-4-1-5(8)3-6(9)2-4/h4-9H,1-3H2. The summed E-state index contributed by atoms with van der Waals surface area (Å²) in [5.41, 5.74) is 0. The van der Waals surface area contributed by atoms with Crippen molar-refractivity contribution >= 4 is 25.3 Å². The van der Waals surface area contributed by atoms with E-state index in [1.807, 2.05) is 0 Å². The zero-order valence-electron chi connectivity index (χ0n) is 5.20. The summed E-state index contributed by atoms with van der Waals surface area (Å²) in [5, 5.41) is 9.87. The van der Waals surface area contributed by atoms with E-state index >= 15 is 0 Å². The molecule has 0 aromatic carbocycles. The van der Waals surface area contributed by atoms with E-state index in [2.05, 4.69) is 25.3 Å². The lowest BCUT2D eigenvalue weighted by Gasteiger charge is -2.26. The third-order valence-electron chi connectivity index (χ3n) is 1.63. The zero-order chi connectivity index (χ0) is 6.85. The molecule has 9 heavy (non-hydrogen) atoms. The molecular formula is C6H12OS2. The van der Waals surface area contributed by atoms with Crippen molar-refractivity contribution in [3.63, 3.8) is 0 Å². The van der Waals surface area contributed by atoms with Crippen LogP contribution in [0.1, 0.15) is 19.3 Å². The second-order valence-corrected chi connectivity index (χ2v) is 4.13. The van der Waals surface area contributed by atoms with E-state index in [1.54, 1.807) is 0 Å². The third-order valence-corrected chi connectivity index (χ3v) is 2.48. The average molecular weight is 164 g/mol. The predicted octanol–water partition coefficient (Wildman–Crippen LogP) is 1.13. The molecule has 0 saturated heterocycles.